The number of furan rings is 1. The van der Waals surface area contributed by atoms with Crippen LogP contribution in [-0.2, 0) is 7.05 Å². The summed E-state index contributed by atoms with van der Waals surface area (Å²) < 4.78 is 12.8. The van der Waals surface area contributed by atoms with E-state index in [1.54, 1.807) is 19.6 Å². The number of anilines is 1. The summed E-state index contributed by atoms with van der Waals surface area (Å²) in [5.74, 6) is 2.50. The topological polar surface area (TPSA) is 52.2 Å². The first-order valence-corrected chi connectivity index (χ1v) is 6.69. The third kappa shape index (κ3) is 2.76. The smallest absolute Gasteiger partial charge is 0.143 e. The average Bonchev–Trinajstić information content (AvgIpc) is 3.17. The van der Waals surface area contributed by atoms with Crippen molar-refractivity contribution in [1.82, 2.24) is 9.55 Å². The lowest BCUT2D eigenvalue weighted by atomic mass is 10.2. The van der Waals surface area contributed by atoms with Gasteiger partial charge in [-0.05, 0) is 24.3 Å². The summed E-state index contributed by atoms with van der Waals surface area (Å²) in [6, 6.07) is 11.4. The van der Waals surface area contributed by atoms with Gasteiger partial charge in [-0.15, -0.1) is 0 Å². The van der Waals surface area contributed by atoms with Crippen LogP contribution < -0.4 is 10.1 Å². The number of methoxy groups -OCH3 is 1. The molecule has 2 heterocycles. The Hall–Kier alpha value is -2.69. The summed E-state index contributed by atoms with van der Waals surface area (Å²) >= 11 is 0. The summed E-state index contributed by atoms with van der Waals surface area (Å²) in [4.78, 5) is 4.42. The van der Waals surface area contributed by atoms with E-state index in [-0.39, 0.29) is 6.04 Å². The number of imidazole rings is 1. The van der Waals surface area contributed by atoms with Gasteiger partial charge in [-0.25, -0.2) is 4.98 Å². The van der Waals surface area contributed by atoms with Gasteiger partial charge in [0.05, 0.1) is 13.4 Å². The van der Waals surface area contributed by atoms with Gasteiger partial charge in [-0.1, -0.05) is 6.07 Å². The highest BCUT2D eigenvalue weighted by Crippen LogP contribution is 2.27. The summed E-state index contributed by atoms with van der Waals surface area (Å²) in [6.07, 6.45) is 5.36. The molecule has 0 amide bonds. The van der Waals surface area contributed by atoms with E-state index in [0.29, 0.717) is 0 Å². The Balaban J connectivity index is 1.95. The van der Waals surface area contributed by atoms with E-state index in [1.807, 2.05) is 54.2 Å². The molecule has 1 N–H and O–H groups in total. The van der Waals surface area contributed by atoms with Crippen LogP contribution in [0.15, 0.2) is 59.5 Å². The molecule has 0 saturated heterocycles. The highest BCUT2D eigenvalue weighted by atomic mass is 16.5. The minimum Gasteiger partial charge on any atom is -0.497 e. The number of rotatable bonds is 5. The number of nitrogens with zero attached hydrogens (tertiary/aromatic N) is 2. The second-order valence-electron chi connectivity index (χ2n) is 4.72. The van der Waals surface area contributed by atoms with Crippen LogP contribution in [0.25, 0.3) is 0 Å². The normalized spacial score (nSPS) is 12.1. The summed E-state index contributed by atoms with van der Waals surface area (Å²) in [5, 5.41) is 3.44. The maximum absolute atomic E-state index is 5.56. The van der Waals surface area contributed by atoms with E-state index in [2.05, 4.69) is 10.3 Å². The third-order valence-electron chi connectivity index (χ3n) is 3.33. The molecule has 21 heavy (non-hydrogen) atoms. The van der Waals surface area contributed by atoms with Crippen LogP contribution in [0.5, 0.6) is 5.75 Å². The first-order chi connectivity index (χ1) is 10.3. The fraction of sp³-hybridized carbons (Fsp3) is 0.188. The van der Waals surface area contributed by atoms with Crippen LogP contribution >= 0.6 is 0 Å². The molecule has 0 fully saturated rings. The summed E-state index contributed by atoms with van der Waals surface area (Å²) in [5.41, 5.74) is 0.943. The maximum Gasteiger partial charge on any atom is 0.143 e. The summed E-state index contributed by atoms with van der Waals surface area (Å²) in [7, 11) is 3.62. The highest BCUT2D eigenvalue weighted by Gasteiger charge is 2.20. The zero-order chi connectivity index (χ0) is 14.7. The molecule has 108 valence electrons. The predicted molar refractivity (Wildman–Crippen MR) is 80.4 cm³/mol. The predicted octanol–water partition coefficient (Wildman–Crippen LogP) is 3.22. The van der Waals surface area contributed by atoms with Crippen molar-refractivity contribution in [2.45, 2.75) is 6.04 Å². The summed E-state index contributed by atoms with van der Waals surface area (Å²) in [6.45, 7) is 0. The molecule has 0 aliphatic rings. The quantitative estimate of drug-likeness (QED) is 0.781. The molecule has 5 heteroatoms. The molecule has 0 radical (unpaired) electrons. The van der Waals surface area contributed by atoms with Crippen molar-refractivity contribution in [3.63, 3.8) is 0 Å². The van der Waals surface area contributed by atoms with Gasteiger partial charge in [-0.2, -0.15) is 0 Å². The average molecular weight is 283 g/mol. The molecule has 0 bridgehead atoms. The van der Waals surface area contributed by atoms with Gasteiger partial charge in [0.15, 0.2) is 0 Å². The minimum absolute atomic E-state index is 0.160. The van der Waals surface area contributed by atoms with Crippen molar-refractivity contribution >= 4 is 5.69 Å². The Labute approximate surface area is 123 Å². The maximum atomic E-state index is 5.56. The standard InChI is InChI=1S/C16H17N3O2/c1-19-9-8-17-16(19)15(14-7-4-10-21-14)18-12-5-3-6-13(11-12)20-2/h3-11,15,18H,1-2H3. The lowest BCUT2D eigenvalue weighted by Crippen LogP contribution is -2.16. The molecule has 1 unspecified atom stereocenters. The van der Waals surface area contributed by atoms with Crippen molar-refractivity contribution in [2.24, 2.45) is 7.05 Å². The van der Waals surface area contributed by atoms with Gasteiger partial charge in [-0.3, -0.25) is 0 Å². The van der Waals surface area contributed by atoms with E-state index in [9.17, 15) is 0 Å². The van der Waals surface area contributed by atoms with Crippen LogP contribution in [-0.4, -0.2) is 16.7 Å². The molecule has 0 aliphatic carbocycles. The van der Waals surface area contributed by atoms with Gasteiger partial charge in [0.2, 0.25) is 0 Å². The number of nitrogens with one attached hydrogen (secondary N) is 1. The fourth-order valence-corrected chi connectivity index (χ4v) is 2.25. The van der Waals surface area contributed by atoms with E-state index < -0.39 is 0 Å². The SMILES string of the molecule is COc1cccc(NC(c2ccco2)c2nccn2C)c1. The lowest BCUT2D eigenvalue weighted by molar-refractivity contribution is 0.415. The number of ether oxygens (including phenoxy) is 1. The zero-order valence-corrected chi connectivity index (χ0v) is 12.0. The van der Waals surface area contributed by atoms with E-state index in [0.717, 1.165) is 23.0 Å². The molecular weight excluding hydrogens is 266 g/mol. The first kappa shape index (κ1) is 13.3. The van der Waals surface area contributed by atoms with Crippen molar-refractivity contribution in [1.29, 1.82) is 0 Å². The molecule has 1 aromatic carbocycles. The number of hydrogen-bond acceptors (Lipinski definition) is 4. The van der Waals surface area contributed by atoms with Crippen molar-refractivity contribution in [3.8, 4) is 5.75 Å². The van der Waals surface area contributed by atoms with Crippen molar-refractivity contribution in [2.75, 3.05) is 12.4 Å². The fourth-order valence-electron chi connectivity index (χ4n) is 2.25. The molecule has 0 spiro atoms. The molecule has 3 aromatic rings. The first-order valence-electron chi connectivity index (χ1n) is 6.69. The zero-order valence-electron chi connectivity index (χ0n) is 12.0. The highest BCUT2D eigenvalue weighted by molar-refractivity contribution is 5.50. The molecule has 3 rings (SSSR count). The Bertz CT molecular complexity index is 704. The molecule has 0 aliphatic heterocycles. The van der Waals surface area contributed by atoms with E-state index >= 15 is 0 Å². The van der Waals surface area contributed by atoms with Crippen molar-refractivity contribution in [3.05, 3.63) is 66.6 Å². The monoisotopic (exact) mass is 283 g/mol. The van der Waals surface area contributed by atoms with Gasteiger partial charge in [0.25, 0.3) is 0 Å². The Kier molecular flexibility index (Phi) is 3.64. The van der Waals surface area contributed by atoms with Crippen LogP contribution in [0, 0.1) is 0 Å². The van der Waals surface area contributed by atoms with Gasteiger partial charge >= 0.3 is 0 Å². The minimum atomic E-state index is -0.160. The largest absolute Gasteiger partial charge is 0.497 e. The van der Waals surface area contributed by atoms with Gasteiger partial charge < -0.3 is 19.0 Å². The second kappa shape index (κ2) is 5.75. The van der Waals surface area contributed by atoms with Crippen LogP contribution in [0.3, 0.4) is 0 Å². The molecular formula is C16H17N3O2. The van der Waals surface area contributed by atoms with Crippen molar-refractivity contribution < 1.29 is 9.15 Å². The molecule has 5 nitrogen and oxygen atoms in total. The number of benzene rings is 1. The molecule has 2 aromatic heterocycles. The number of hydrogen-bond donors (Lipinski definition) is 1. The Morgan fingerprint density at radius 2 is 2.19 bits per heavy atom. The number of aryl methyl sites for hydroxylation is 1. The van der Waals surface area contributed by atoms with Crippen LogP contribution in [0.2, 0.25) is 0 Å². The Morgan fingerprint density at radius 3 is 2.86 bits per heavy atom. The molecule has 0 saturated carbocycles. The second-order valence-corrected chi connectivity index (χ2v) is 4.72. The Morgan fingerprint density at radius 1 is 1.29 bits per heavy atom. The van der Waals surface area contributed by atoms with Gasteiger partial charge in [0.1, 0.15) is 23.4 Å². The third-order valence-corrected chi connectivity index (χ3v) is 3.33. The lowest BCUT2D eigenvalue weighted by Gasteiger charge is -2.18. The number of aromatic nitrogens is 2. The van der Waals surface area contributed by atoms with E-state index in [1.165, 1.54) is 0 Å². The van der Waals surface area contributed by atoms with Crippen LogP contribution in [0.4, 0.5) is 5.69 Å². The van der Waals surface area contributed by atoms with Crippen LogP contribution in [0.1, 0.15) is 17.6 Å². The van der Waals surface area contributed by atoms with Gasteiger partial charge in [0, 0.05) is 31.2 Å². The van der Waals surface area contributed by atoms with E-state index in [4.69, 9.17) is 9.15 Å². The molecule has 1 atom stereocenters.